The molecular formula is C19H20N2O. The number of carbonyl (C=O) groups excluding carboxylic acids is 1. The molecule has 3 heteroatoms. The molecule has 0 aliphatic carbocycles. The second kappa shape index (κ2) is 7.42. The fraction of sp³-hybridized carbons (Fsp3) is 0.263. The molecule has 0 radical (unpaired) electrons. The fourth-order valence-corrected chi connectivity index (χ4v) is 2.37. The van der Waals surface area contributed by atoms with Crippen LogP contribution in [0.3, 0.4) is 0 Å². The van der Waals surface area contributed by atoms with E-state index in [4.69, 9.17) is 5.26 Å². The van der Waals surface area contributed by atoms with Crippen LogP contribution in [0.4, 0.5) is 0 Å². The summed E-state index contributed by atoms with van der Waals surface area (Å²) in [5.41, 5.74) is 2.24. The molecule has 0 aromatic heterocycles. The molecule has 0 saturated carbocycles. The zero-order valence-corrected chi connectivity index (χ0v) is 12.9. The van der Waals surface area contributed by atoms with E-state index in [1.54, 1.807) is 24.3 Å². The molecule has 2 aromatic carbocycles. The minimum atomic E-state index is -0.112. The van der Waals surface area contributed by atoms with Gasteiger partial charge in [-0.2, -0.15) is 5.26 Å². The van der Waals surface area contributed by atoms with Gasteiger partial charge in [0, 0.05) is 5.56 Å². The van der Waals surface area contributed by atoms with Gasteiger partial charge in [0.2, 0.25) is 0 Å². The minimum Gasteiger partial charge on any atom is -0.345 e. The molecule has 0 heterocycles. The molecule has 1 atom stereocenters. The average molecular weight is 292 g/mol. The Hall–Kier alpha value is -2.60. The van der Waals surface area contributed by atoms with Gasteiger partial charge in [-0.15, -0.1) is 0 Å². The zero-order valence-electron chi connectivity index (χ0n) is 12.9. The highest BCUT2D eigenvalue weighted by Crippen LogP contribution is 2.21. The Labute approximate surface area is 131 Å². The van der Waals surface area contributed by atoms with E-state index in [0.717, 1.165) is 12.0 Å². The Balaban J connectivity index is 2.15. The highest BCUT2D eigenvalue weighted by atomic mass is 16.1. The molecule has 1 N–H and O–H groups in total. The van der Waals surface area contributed by atoms with E-state index in [2.05, 4.69) is 25.2 Å². The maximum absolute atomic E-state index is 12.4. The summed E-state index contributed by atoms with van der Waals surface area (Å²) in [6, 6.07) is 18.7. The molecule has 112 valence electrons. The summed E-state index contributed by atoms with van der Waals surface area (Å²) in [4.78, 5) is 12.4. The van der Waals surface area contributed by atoms with Gasteiger partial charge in [0.05, 0.1) is 17.7 Å². The van der Waals surface area contributed by atoms with Gasteiger partial charge in [0.15, 0.2) is 0 Å². The molecule has 1 amide bonds. The van der Waals surface area contributed by atoms with Crippen LogP contribution >= 0.6 is 0 Å². The van der Waals surface area contributed by atoms with Crippen molar-refractivity contribution in [3.8, 4) is 6.07 Å². The Bertz CT molecular complexity index is 654. The molecule has 0 spiro atoms. The third-order valence-electron chi connectivity index (χ3n) is 3.49. The van der Waals surface area contributed by atoms with Crippen LogP contribution in [0.5, 0.6) is 0 Å². The highest BCUT2D eigenvalue weighted by Gasteiger charge is 2.16. The second-order valence-electron chi connectivity index (χ2n) is 5.76. The van der Waals surface area contributed by atoms with E-state index in [1.165, 1.54) is 0 Å². The normalized spacial score (nSPS) is 11.7. The van der Waals surface area contributed by atoms with Crippen molar-refractivity contribution in [1.82, 2.24) is 5.32 Å². The van der Waals surface area contributed by atoms with E-state index in [-0.39, 0.29) is 11.9 Å². The van der Waals surface area contributed by atoms with Crippen molar-refractivity contribution in [2.45, 2.75) is 26.3 Å². The predicted molar refractivity (Wildman–Crippen MR) is 87.3 cm³/mol. The van der Waals surface area contributed by atoms with Crippen molar-refractivity contribution in [3.63, 3.8) is 0 Å². The van der Waals surface area contributed by atoms with Crippen LogP contribution in [0, 0.1) is 17.2 Å². The quantitative estimate of drug-likeness (QED) is 0.903. The zero-order chi connectivity index (χ0) is 15.9. The summed E-state index contributed by atoms with van der Waals surface area (Å²) in [5, 5.41) is 11.9. The first-order chi connectivity index (χ1) is 10.6. The van der Waals surface area contributed by atoms with Gasteiger partial charge in [0.25, 0.3) is 5.91 Å². The lowest BCUT2D eigenvalue weighted by molar-refractivity contribution is 0.0932. The monoisotopic (exact) mass is 292 g/mol. The summed E-state index contributed by atoms with van der Waals surface area (Å²) >= 11 is 0. The molecule has 0 saturated heterocycles. The molecule has 3 nitrogen and oxygen atoms in total. The first-order valence-corrected chi connectivity index (χ1v) is 7.46. The maximum atomic E-state index is 12.4. The van der Waals surface area contributed by atoms with E-state index in [9.17, 15) is 4.79 Å². The highest BCUT2D eigenvalue weighted by molar-refractivity contribution is 5.94. The van der Waals surface area contributed by atoms with Gasteiger partial charge in [0.1, 0.15) is 0 Å². The van der Waals surface area contributed by atoms with Gasteiger partial charge in [-0.05, 0) is 42.2 Å². The number of rotatable bonds is 5. The molecule has 0 aliphatic rings. The Morgan fingerprint density at radius 3 is 2.27 bits per heavy atom. The van der Waals surface area contributed by atoms with Crippen molar-refractivity contribution >= 4 is 5.91 Å². The molecule has 2 aromatic rings. The molecule has 22 heavy (non-hydrogen) atoms. The average Bonchev–Trinajstić information content (AvgIpc) is 2.54. The third-order valence-corrected chi connectivity index (χ3v) is 3.49. The largest absolute Gasteiger partial charge is 0.345 e. The lowest BCUT2D eigenvalue weighted by atomic mass is 9.96. The number of nitriles is 1. The summed E-state index contributed by atoms with van der Waals surface area (Å²) in [7, 11) is 0. The van der Waals surface area contributed by atoms with E-state index < -0.39 is 0 Å². The predicted octanol–water partition coefficient (Wildman–Crippen LogP) is 4.08. The Kier molecular flexibility index (Phi) is 5.32. The third kappa shape index (κ3) is 4.20. The van der Waals surface area contributed by atoms with E-state index >= 15 is 0 Å². The second-order valence-corrected chi connectivity index (χ2v) is 5.76. The van der Waals surface area contributed by atoms with E-state index in [1.807, 2.05) is 30.3 Å². The topological polar surface area (TPSA) is 52.9 Å². The molecule has 0 aliphatic heterocycles. The summed E-state index contributed by atoms with van der Waals surface area (Å²) in [5.74, 6) is 0.366. The van der Waals surface area contributed by atoms with Crippen LogP contribution in [0.15, 0.2) is 54.6 Å². The number of hydrogen-bond acceptors (Lipinski definition) is 2. The van der Waals surface area contributed by atoms with Crippen LogP contribution in [0.25, 0.3) is 0 Å². The van der Waals surface area contributed by atoms with Gasteiger partial charge in [-0.1, -0.05) is 44.2 Å². The molecule has 2 rings (SSSR count). The van der Waals surface area contributed by atoms with Gasteiger partial charge in [-0.25, -0.2) is 0 Å². The van der Waals surface area contributed by atoms with Crippen molar-refractivity contribution in [3.05, 3.63) is 71.3 Å². The van der Waals surface area contributed by atoms with E-state index in [0.29, 0.717) is 17.0 Å². The maximum Gasteiger partial charge on any atom is 0.251 e. The van der Waals surface area contributed by atoms with Crippen LogP contribution in [0.1, 0.15) is 47.8 Å². The number of nitrogens with zero attached hydrogens (tertiary/aromatic N) is 1. The fourth-order valence-electron chi connectivity index (χ4n) is 2.37. The molecule has 1 unspecified atom stereocenters. The van der Waals surface area contributed by atoms with Crippen LogP contribution in [-0.2, 0) is 0 Å². The Morgan fingerprint density at radius 2 is 1.73 bits per heavy atom. The minimum absolute atomic E-state index is 0.00987. The standard InChI is InChI=1S/C19H20N2O/c1-14(2)12-18(16-6-4-3-5-7-16)21-19(22)17-10-8-15(13-20)9-11-17/h3-11,14,18H,12H2,1-2H3,(H,21,22). The number of benzene rings is 2. The Morgan fingerprint density at radius 1 is 1.09 bits per heavy atom. The lowest BCUT2D eigenvalue weighted by Crippen LogP contribution is -2.29. The summed E-state index contributed by atoms with van der Waals surface area (Å²) in [6.45, 7) is 4.29. The lowest BCUT2D eigenvalue weighted by Gasteiger charge is -2.21. The van der Waals surface area contributed by atoms with Crippen LogP contribution in [0.2, 0.25) is 0 Å². The van der Waals surface area contributed by atoms with Gasteiger partial charge in [-0.3, -0.25) is 4.79 Å². The molecular weight excluding hydrogens is 272 g/mol. The SMILES string of the molecule is CC(C)CC(NC(=O)c1ccc(C#N)cc1)c1ccccc1. The number of nitrogens with one attached hydrogen (secondary N) is 1. The van der Waals surface area contributed by atoms with Gasteiger partial charge < -0.3 is 5.32 Å². The summed E-state index contributed by atoms with van der Waals surface area (Å²) < 4.78 is 0. The van der Waals surface area contributed by atoms with Gasteiger partial charge >= 0.3 is 0 Å². The van der Waals surface area contributed by atoms with Crippen molar-refractivity contribution in [2.75, 3.05) is 0 Å². The first-order valence-electron chi connectivity index (χ1n) is 7.46. The smallest absolute Gasteiger partial charge is 0.251 e. The number of hydrogen-bond donors (Lipinski definition) is 1. The van der Waals surface area contributed by atoms with Crippen molar-refractivity contribution in [1.29, 1.82) is 5.26 Å². The summed E-state index contributed by atoms with van der Waals surface area (Å²) in [6.07, 6.45) is 0.881. The van der Waals surface area contributed by atoms with Crippen molar-refractivity contribution < 1.29 is 4.79 Å². The van der Waals surface area contributed by atoms with Crippen LogP contribution in [-0.4, -0.2) is 5.91 Å². The molecule has 0 fully saturated rings. The number of carbonyl (C=O) groups is 1. The van der Waals surface area contributed by atoms with Crippen molar-refractivity contribution in [2.24, 2.45) is 5.92 Å². The van der Waals surface area contributed by atoms with Crippen LogP contribution < -0.4 is 5.32 Å². The molecule has 0 bridgehead atoms. The number of amides is 1. The first kappa shape index (κ1) is 15.8.